The molecule has 1 unspecified atom stereocenters. The van der Waals surface area contributed by atoms with Crippen LogP contribution in [-0.2, 0) is 22.6 Å². The molecule has 0 spiro atoms. The van der Waals surface area contributed by atoms with Crippen molar-refractivity contribution in [2.24, 2.45) is 0 Å². The van der Waals surface area contributed by atoms with Gasteiger partial charge >= 0.3 is 5.97 Å². The highest BCUT2D eigenvalue weighted by molar-refractivity contribution is 5.97. The molecule has 136 valence electrons. The van der Waals surface area contributed by atoms with Crippen LogP contribution in [0.1, 0.15) is 32.6 Å². The molecular weight excluding hydrogens is 334 g/mol. The second kappa shape index (κ2) is 7.17. The minimum Gasteiger partial charge on any atom is -0.480 e. The van der Waals surface area contributed by atoms with E-state index in [0.29, 0.717) is 17.7 Å². The molecule has 6 heteroatoms. The lowest BCUT2D eigenvalue weighted by molar-refractivity contribution is -0.122. The molecule has 2 N–H and O–H groups in total. The summed E-state index contributed by atoms with van der Waals surface area (Å²) < 4.78 is 10.8. The number of fused-ring (bicyclic) bond motifs is 1. The summed E-state index contributed by atoms with van der Waals surface area (Å²) in [6.07, 6.45) is -0.142. The fourth-order valence-corrected chi connectivity index (χ4v) is 3.02. The van der Waals surface area contributed by atoms with Crippen molar-refractivity contribution >= 4 is 17.6 Å². The lowest BCUT2D eigenvalue weighted by Gasteiger charge is -2.13. The number of anilines is 1. The standard InChI is InChI=1S/C20H21NO5/c1-11-4-14-9-18(26-17(14)5-12(11)2)19(22)21-16-7-13(10-25-3)6-15(8-16)20(23)24/h4-8,18H,9-10H2,1-3H3,(H,21,22)(H,23,24). The number of carbonyl (C=O) groups is 2. The molecule has 1 atom stereocenters. The Hall–Kier alpha value is -2.86. The van der Waals surface area contributed by atoms with Gasteiger partial charge in [-0.25, -0.2) is 4.79 Å². The van der Waals surface area contributed by atoms with Crippen molar-refractivity contribution in [3.05, 3.63) is 58.1 Å². The van der Waals surface area contributed by atoms with Gasteiger partial charge in [-0.15, -0.1) is 0 Å². The van der Waals surface area contributed by atoms with Crippen molar-refractivity contribution in [3.8, 4) is 5.75 Å². The average Bonchev–Trinajstić information content (AvgIpc) is 2.98. The maximum atomic E-state index is 12.6. The molecule has 3 rings (SSSR count). The van der Waals surface area contributed by atoms with Crippen LogP contribution < -0.4 is 10.1 Å². The molecule has 1 aliphatic heterocycles. The molecule has 0 radical (unpaired) electrons. The molecular formula is C20H21NO5. The van der Waals surface area contributed by atoms with Crippen molar-refractivity contribution in [1.29, 1.82) is 0 Å². The highest BCUT2D eigenvalue weighted by Crippen LogP contribution is 2.32. The molecule has 2 aromatic carbocycles. The predicted molar refractivity (Wildman–Crippen MR) is 96.8 cm³/mol. The van der Waals surface area contributed by atoms with Gasteiger partial charge in [0, 0.05) is 19.2 Å². The number of carboxylic acids is 1. The van der Waals surface area contributed by atoms with Crippen molar-refractivity contribution in [1.82, 2.24) is 0 Å². The third kappa shape index (κ3) is 3.70. The van der Waals surface area contributed by atoms with E-state index in [0.717, 1.165) is 22.4 Å². The van der Waals surface area contributed by atoms with Crippen LogP contribution in [0.2, 0.25) is 0 Å². The van der Waals surface area contributed by atoms with Gasteiger partial charge < -0.3 is 19.9 Å². The maximum absolute atomic E-state index is 12.6. The summed E-state index contributed by atoms with van der Waals surface area (Å²) in [5, 5.41) is 12.0. The first kappa shape index (κ1) is 17.9. The number of hydrogen-bond donors (Lipinski definition) is 2. The summed E-state index contributed by atoms with van der Waals surface area (Å²) in [6, 6.07) is 8.63. The summed E-state index contributed by atoms with van der Waals surface area (Å²) in [5.41, 5.74) is 4.46. The van der Waals surface area contributed by atoms with Crippen molar-refractivity contribution in [3.63, 3.8) is 0 Å². The largest absolute Gasteiger partial charge is 0.480 e. The molecule has 0 bridgehead atoms. The lowest BCUT2D eigenvalue weighted by atomic mass is 10.0. The van der Waals surface area contributed by atoms with Crippen LogP contribution >= 0.6 is 0 Å². The van der Waals surface area contributed by atoms with Gasteiger partial charge in [0.25, 0.3) is 5.91 Å². The monoisotopic (exact) mass is 355 g/mol. The maximum Gasteiger partial charge on any atom is 0.335 e. The second-order valence-corrected chi connectivity index (χ2v) is 6.50. The predicted octanol–water partition coefficient (Wildman–Crippen LogP) is 3.09. The highest BCUT2D eigenvalue weighted by Gasteiger charge is 2.29. The zero-order valence-corrected chi connectivity index (χ0v) is 15.0. The molecule has 2 aromatic rings. The molecule has 1 heterocycles. The average molecular weight is 355 g/mol. The van der Waals surface area contributed by atoms with E-state index >= 15 is 0 Å². The van der Waals surface area contributed by atoms with E-state index in [1.54, 1.807) is 6.07 Å². The fraction of sp³-hybridized carbons (Fsp3) is 0.300. The Morgan fingerprint density at radius 2 is 1.92 bits per heavy atom. The van der Waals surface area contributed by atoms with Gasteiger partial charge in [0.1, 0.15) is 5.75 Å². The van der Waals surface area contributed by atoms with Crippen molar-refractivity contribution in [2.75, 3.05) is 12.4 Å². The summed E-state index contributed by atoms with van der Waals surface area (Å²) in [4.78, 5) is 23.9. The summed E-state index contributed by atoms with van der Waals surface area (Å²) in [7, 11) is 1.53. The summed E-state index contributed by atoms with van der Waals surface area (Å²) >= 11 is 0. The van der Waals surface area contributed by atoms with E-state index in [-0.39, 0.29) is 18.1 Å². The van der Waals surface area contributed by atoms with Gasteiger partial charge in [-0.05, 0) is 60.4 Å². The Morgan fingerprint density at radius 1 is 1.19 bits per heavy atom. The van der Waals surface area contributed by atoms with Crippen LogP contribution in [0.15, 0.2) is 30.3 Å². The Bertz CT molecular complexity index is 844. The van der Waals surface area contributed by atoms with Crippen molar-refractivity contribution < 1.29 is 24.2 Å². The highest BCUT2D eigenvalue weighted by atomic mass is 16.5. The van der Waals surface area contributed by atoms with E-state index < -0.39 is 12.1 Å². The number of nitrogens with one attached hydrogen (secondary N) is 1. The molecule has 0 aromatic heterocycles. The summed E-state index contributed by atoms with van der Waals surface area (Å²) in [6.45, 7) is 4.28. The van der Waals surface area contributed by atoms with Gasteiger partial charge in [0.15, 0.2) is 6.10 Å². The number of aryl methyl sites for hydroxylation is 2. The second-order valence-electron chi connectivity index (χ2n) is 6.50. The third-order valence-electron chi connectivity index (χ3n) is 4.46. The van der Waals surface area contributed by atoms with E-state index in [4.69, 9.17) is 9.47 Å². The minimum absolute atomic E-state index is 0.0942. The Kier molecular flexibility index (Phi) is 4.95. The number of aromatic carboxylic acids is 1. The van der Waals surface area contributed by atoms with E-state index in [2.05, 4.69) is 5.32 Å². The quantitative estimate of drug-likeness (QED) is 0.861. The molecule has 26 heavy (non-hydrogen) atoms. The van der Waals surface area contributed by atoms with Gasteiger partial charge in [0.2, 0.25) is 0 Å². The number of rotatable bonds is 5. The molecule has 0 saturated carbocycles. The molecule has 0 saturated heterocycles. The molecule has 0 aliphatic carbocycles. The number of hydrogen-bond acceptors (Lipinski definition) is 4. The van der Waals surface area contributed by atoms with Crippen LogP contribution in [0, 0.1) is 13.8 Å². The van der Waals surface area contributed by atoms with E-state index in [1.807, 2.05) is 26.0 Å². The zero-order valence-electron chi connectivity index (χ0n) is 15.0. The van der Waals surface area contributed by atoms with Gasteiger partial charge in [0.05, 0.1) is 12.2 Å². The zero-order chi connectivity index (χ0) is 18.8. The first-order valence-corrected chi connectivity index (χ1v) is 8.31. The molecule has 1 aliphatic rings. The Balaban J connectivity index is 1.77. The number of amides is 1. The molecule has 0 fully saturated rings. The third-order valence-corrected chi connectivity index (χ3v) is 4.46. The number of methoxy groups -OCH3 is 1. The normalized spacial score (nSPS) is 15.3. The topological polar surface area (TPSA) is 84.9 Å². The first-order valence-electron chi connectivity index (χ1n) is 8.31. The number of carbonyl (C=O) groups excluding carboxylic acids is 1. The number of benzene rings is 2. The lowest BCUT2D eigenvalue weighted by Crippen LogP contribution is -2.31. The van der Waals surface area contributed by atoms with Crippen molar-refractivity contribution in [2.45, 2.75) is 33.0 Å². The Morgan fingerprint density at radius 3 is 2.62 bits per heavy atom. The Labute approximate surface area is 151 Å². The van der Waals surface area contributed by atoms with Crippen LogP contribution in [-0.4, -0.2) is 30.2 Å². The smallest absolute Gasteiger partial charge is 0.335 e. The van der Waals surface area contributed by atoms with Crippen LogP contribution in [0.5, 0.6) is 5.75 Å². The molecule has 1 amide bonds. The fourth-order valence-electron chi connectivity index (χ4n) is 3.02. The summed E-state index contributed by atoms with van der Waals surface area (Å²) in [5.74, 6) is -0.635. The SMILES string of the molecule is COCc1cc(NC(=O)C2Cc3cc(C)c(C)cc3O2)cc(C(=O)O)c1. The van der Waals surface area contributed by atoms with Crippen LogP contribution in [0.25, 0.3) is 0 Å². The van der Waals surface area contributed by atoms with Gasteiger partial charge in [-0.1, -0.05) is 6.07 Å². The number of ether oxygens (including phenoxy) is 2. The minimum atomic E-state index is -1.06. The van der Waals surface area contributed by atoms with Gasteiger partial charge in [-0.3, -0.25) is 4.79 Å². The van der Waals surface area contributed by atoms with Crippen LogP contribution in [0.4, 0.5) is 5.69 Å². The van der Waals surface area contributed by atoms with E-state index in [1.165, 1.54) is 19.2 Å². The van der Waals surface area contributed by atoms with Crippen LogP contribution in [0.3, 0.4) is 0 Å². The van der Waals surface area contributed by atoms with E-state index in [9.17, 15) is 14.7 Å². The van der Waals surface area contributed by atoms with Gasteiger partial charge in [-0.2, -0.15) is 0 Å². The first-order chi connectivity index (χ1) is 12.4. The number of carboxylic acid groups (broad SMARTS) is 1. The molecule has 6 nitrogen and oxygen atoms in total.